The summed E-state index contributed by atoms with van der Waals surface area (Å²) in [6, 6.07) is 14.6. The Morgan fingerprint density at radius 3 is 2.50 bits per heavy atom. The molecule has 34 heavy (non-hydrogen) atoms. The molecule has 4 aromatic rings. The molecule has 0 fully saturated rings. The van der Waals surface area contributed by atoms with Crippen LogP contribution in [0.15, 0.2) is 84.5 Å². The SMILES string of the molecule is C=CC(Nc1nc(-c2ncccc2C)cc2cccnc12)S(=O)(=O)c1ccc(OC(N)=O)cc1. The third kappa shape index (κ3) is 4.57. The molecule has 4 rings (SSSR count). The van der Waals surface area contributed by atoms with Crippen LogP contribution in [0.4, 0.5) is 10.6 Å². The van der Waals surface area contributed by atoms with Crippen LogP contribution in [0.25, 0.3) is 22.3 Å². The van der Waals surface area contributed by atoms with Gasteiger partial charge in [0.05, 0.1) is 16.3 Å². The van der Waals surface area contributed by atoms with E-state index in [-0.39, 0.29) is 16.5 Å². The second-order valence-corrected chi connectivity index (χ2v) is 9.41. The first-order valence-corrected chi connectivity index (χ1v) is 11.7. The molecule has 0 radical (unpaired) electrons. The van der Waals surface area contributed by atoms with Crippen molar-refractivity contribution in [2.24, 2.45) is 5.73 Å². The second kappa shape index (κ2) is 9.28. The fourth-order valence-electron chi connectivity index (χ4n) is 3.42. The fraction of sp³-hybridized carbons (Fsp3) is 0.0833. The van der Waals surface area contributed by atoms with Crippen LogP contribution in [0.2, 0.25) is 0 Å². The van der Waals surface area contributed by atoms with Crippen molar-refractivity contribution in [3.63, 3.8) is 0 Å². The van der Waals surface area contributed by atoms with Crippen molar-refractivity contribution < 1.29 is 17.9 Å². The van der Waals surface area contributed by atoms with Crippen LogP contribution >= 0.6 is 0 Å². The molecule has 0 bridgehead atoms. The molecule has 1 unspecified atom stereocenters. The molecule has 3 aromatic heterocycles. The number of fused-ring (bicyclic) bond motifs is 1. The number of nitrogens with two attached hydrogens (primary N) is 1. The Balaban J connectivity index is 1.75. The van der Waals surface area contributed by atoms with Gasteiger partial charge >= 0.3 is 6.09 Å². The van der Waals surface area contributed by atoms with E-state index in [1.807, 2.05) is 31.2 Å². The van der Waals surface area contributed by atoms with E-state index in [0.717, 1.165) is 10.9 Å². The number of hydrogen-bond acceptors (Lipinski definition) is 8. The quantitative estimate of drug-likeness (QED) is 0.385. The third-order valence-corrected chi connectivity index (χ3v) is 6.95. The zero-order valence-corrected chi connectivity index (χ0v) is 19.0. The highest BCUT2D eigenvalue weighted by Crippen LogP contribution is 2.29. The van der Waals surface area contributed by atoms with Crippen molar-refractivity contribution in [2.75, 3.05) is 5.32 Å². The molecule has 172 valence electrons. The first kappa shape index (κ1) is 22.9. The van der Waals surface area contributed by atoms with Gasteiger partial charge in [0.2, 0.25) is 9.84 Å². The molecule has 0 saturated heterocycles. The summed E-state index contributed by atoms with van der Waals surface area (Å²) in [5.74, 6) is 0.408. The minimum absolute atomic E-state index is 0.00397. The van der Waals surface area contributed by atoms with Gasteiger partial charge < -0.3 is 15.8 Å². The Morgan fingerprint density at radius 2 is 1.82 bits per heavy atom. The van der Waals surface area contributed by atoms with Crippen molar-refractivity contribution in [2.45, 2.75) is 17.2 Å². The number of nitrogens with zero attached hydrogens (tertiary/aromatic N) is 3. The van der Waals surface area contributed by atoms with Crippen molar-refractivity contribution in [3.8, 4) is 17.1 Å². The number of pyridine rings is 3. The lowest BCUT2D eigenvalue weighted by Gasteiger charge is -2.18. The van der Waals surface area contributed by atoms with Gasteiger partial charge in [-0.2, -0.15) is 0 Å². The minimum atomic E-state index is -3.93. The molecule has 0 spiro atoms. The lowest BCUT2D eigenvalue weighted by atomic mass is 10.1. The normalized spacial score (nSPS) is 12.1. The number of carbonyl (C=O) groups excluding carboxylic acids is 1. The summed E-state index contributed by atoms with van der Waals surface area (Å²) in [6.07, 6.45) is 3.57. The van der Waals surface area contributed by atoms with Gasteiger partial charge in [-0.1, -0.05) is 24.8 Å². The van der Waals surface area contributed by atoms with E-state index < -0.39 is 21.3 Å². The van der Waals surface area contributed by atoms with Crippen LogP contribution in [0, 0.1) is 6.92 Å². The van der Waals surface area contributed by atoms with Crippen LogP contribution in [0.1, 0.15) is 5.56 Å². The lowest BCUT2D eigenvalue weighted by molar-refractivity contribution is 0.211. The Labute approximate surface area is 196 Å². The number of hydrogen-bond donors (Lipinski definition) is 2. The van der Waals surface area contributed by atoms with E-state index in [0.29, 0.717) is 16.9 Å². The van der Waals surface area contributed by atoms with Crippen molar-refractivity contribution in [3.05, 3.63) is 85.2 Å². The van der Waals surface area contributed by atoms with E-state index in [4.69, 9.17) is 10.5 Å². The molecule has 0 saturated carbocycles. The molecule has 1 atom stereocenters. The molecule has 3 heterocycles. The monoisotopic (exact) mass is 475 g/mol. The average molecular weight is 476 g/mol. The summed E-state index contributed by atoms with van der Waals surface area (Å²) in [5.41, 5.74) is 7.68. The number of ether oxygens (including phenoxy) is 1. The highest BCUT2D eigenvalue weighted by atomic mass is 32.2. The molecular formula is C24H21N5O4S. The van der Waals surface area contributed by atoms with Gasteiger partial charge in [0, 0.05) is 17.8 Å². The van der Waals surface area contributed by atoms with Crippen molar-refractivity contribution in [1.29, 1.82) is 0 Å². The molecule has 10 heteroatoms. The van der Waals surface area contributed by atoms with E-state index >= 15 is 0 Å². The van der Waals surface area contributed by atoms with Gasteiger partial charge in [0.25, 0.3) is 0 Å². The number of rotatable bonds is 7. The highest BCUT2D eigenvalue weighted by molar-refractivity contribution is 7.92. The number of aromatic nitrogens is 3. The lowest BCUT2D eigenvalue weighted by Crippen LogP contribution is -2.28. The van der Waals surface area contributed by atoms with E-state index in [9.17, 15) is 13.2 Å². The zero-order chi connectivity index (χ0) is 24.3. The second-order valence-electron chi connectivity index (χ2n) is 7.34. The number of carbonyl (C=O) groups is 1. The summed E-state index contributed by atoms with van der Waals surface area (Å²) in [7, 11) is -3.93. The van der Waals surface area contributed by atoms with Crippen molar-refractivity contribution >= 4 is 32.7 Å². The maximum Gasteiger partial charge on any atom is 0.409 e. The summed E-state index contributed by atoms with van der Waals surface area (Å²) in [5, 5.41) is 2.53. The van der Waals surface area contributed by atoms with Crippen molar-refractivity contribution in [1.82, 2.24) is 15.0 Å². The van der Waals surface area contributed by atoms with Crippen LogP contribution in [0.5, 0.6) is 5.75 Å². The van der Waals surface area contributed by atoms with Crippen LogP contribution in [-0.2, 0) is 9.84 Å². The van der Waals surface area contributed by atoms with Crippen LogP contribution < -0.4 is 15.8 Å². The molecule has 3 N–H and O–H groups in total. The summed E-state index contributed by atoms with van der Waals surface area (Å²) >= 11 is 0. The molecular weight excluding hydrogens is 454 g/mol. The number of primary amides is 1. The number of amides is 1. The molecule has 0 aliphatic rings. The summed E-state index contributed by atoms with van der Waals surface area (Å²) < 4.78 is 31.4. The van der Waals surface area contributed by atoms with Crippen LogP contribution in [-0.4, -0.2) is 34.8 Å². The zero-order valence-electron chi connectivity index (χ0n) is 18.2. The van der Waals surface area contributed by atoms with Gasteiger partial charge in [-0.3, -0.25) is 9.97 Å². The van der Waals surface area contributed by atoms with Gasteiger partial charge in [0.1, 0.15) is 11.3 Å². The summed E-state index contributed by atoms with van der Waals surface area (Å²) in [4.78, 5) is 24.4. The predicted octanol–water partition coefficient (Wildman–Crippen LogP) is 3.86. The smallest absolute Gasteiger partial charge is 0.409 e. The minimum Gasteiger partial charge on any atom is -0.411 e. The Bertz CT molecular complexity index is 1490. The largest absolute Gasteiger partial charge is 0.411 e. The summed E-state index contributed by atoms with van der Waals surface area (Å²) in [6.45, 7) is 5.62. The maximum absolute atomic E-state index is 13.3. The van der Waals surface area contributed by atoms with E-state index in [1.165, 1.54) is 30.3 Å². The number of aryl methyl sites for hydroxylation is 1. The molecule has 0 aliphatic carbocycles. The molecule has 0 aliphatic heterocycles. The standard InChI is InChI=1S/C24H21N5O4S/c1-3-20(34(31,32)18-10-8-17(9-11-18)33-24(25)30)29-23-22-16(7-5-13-27-22)14-19(28-23)21-15(2)6-4-12-26-21/h3-14,20H,1H2,2H3,(H2,25,30)(H,28,29). The number of nitrogens with one attached hydrogen (secondary N) is 1. The Hall–Kier alpha value is -4.31. The highest BCUT2D eigenvalue weighted by Gasteiger charge is 2.26. The van der Waals surface area contributed by atoms with Crippen LogP contribution in [0.3, 0.4) is 0 Å². The van der Waals surface area contributed by atoms with E-state index in [2.05, 4.69) is 26.8 Å². The Morgan fingerprint density at radius 1 is 1.12 bits per heavy atom. The van der Waals surface area contributed by atoms with Gasteiger partial charge in [0.15, 0.2) is 11.2 Å². The first-order chi connectivity index (χ1) is 16.3. The number of anilines is 1. The van der Waals surface area contributed by atoms with E-state index in [1.54, 1.807) is 18.5 Å². The number of sulfone groups is 1. The third-order valence-electron chi connectivity index (χ3n) is 5.04. The fourth-order valence-corrected chi connectivity index (χ4v) is 4.75. The maximum atomic E-state index is 13.3. The first-order valence-electron chi connectivity index (χ1n) is 10.2. The molecule has 9 nitrogen and oxygen atoms in total. The predicted molar refractivity (Wildman–Crippen MR) is 129 cm³/mol. The van der Waals surface area contributed by atoms with Gasteiger partial charge in [-0.05, 0) is 55.0 Å². The average Bonchev–Trinajstić information content (AvgIpc) is 2.82. The Kier molecular flexibility index (Phi) is 6.24. The number of benzene rings is 1. The molecule has 1 aromatic carbocycles. The molecule has 1 amide bonds. The topological polar surface area (TPSA) is 137 Å². The van der Waals surface area contributed by atoms with Gasteiger partial charge in [-0.15, -0.1) is 0 Å². The van der Waals surface area contributed by atoms with Gasteiger partial charge in [-0.25, -0.2) is 18.2 Å².